The molecule has 1 aliphatic rings. The Morgan fingerprint density at radius 3 is 2.79 bits per heavy atom. The van der Waals surface area contributed by atoms with Gasteiger partial charge in [-0.25, -0.2) is 0 Å². The zero-order valence-corrected chi connectivity index (χ0v) is 8.87. The van der Waals surface area contributed by atoms with Crippen LogP contribution in [0.15, 0.2) is 5.16 Å². The molecule has 4 heteroatoms. The van der Waals surface area contributed by atoms with Gasteiger partial charge in [0.1, 0.15) is 5.84 Å². The monoisotopic (exact) mass is 199 g/mol. The minimum absolute atomic E-state index is 0.112. The summed E-state index contributed by atoms with van der Waals surface area (Å²) in [6, 6.07) is 0. The topological polar surface area (TPSA) is 70.6 Å². The Kier molecular flexibility index (Phi) is 4.73. The van der Waals surface area contributed by atoms with Crippen LogP contribution in [0.1, 0.15) is 32.6 Å². The molecule has 14 heavy (non-hydrogen) atoms. The van der Waals surface area contributed by atoms with Crippen molar-refractivity contribution in [1.29, 1.82) is 0 Å². The largest absolute Gasteiger partial charge is 0.409 e. The zero-order valence-electron chi connectivity index (χ0n) is 8.87. The highest BCUT2D eigenvalue weighted by Gasteiger charge is 2.15. The number of rotatable bonds is 5. The summed E-state index contributed by atoms with van der Waals surface area (Å²) in [7, 11) is 0. The molecule has 0 aromatic heterocycles. The third kappa shape index (κ3) is 3.54. The molecule has 1 unspecified atom stereocenters. The van der Waals surface area contributed by atoms with E-state index in [0.717, 1.165) is 19.0 Å². The van der Waals surface area contributed by atoms with Crippen LogP contribution in [0.5, 0.6) is 0 Å². The highest BCUT2D eigenvalue weighted by Crippen LogP contribution is 2.23. The lowest BCUT2D eigenvalue weighted by atomic mass is 10.1. The Balaban J connectivity index is 2.08. The Bertz CT molecular complexity index is 188. The molecule has 1 aliphatic carbocycles. The van der Waals surface area contributed by atoms with Crippen LogP contribution in [0, 0.1) is 11.8 Å². The van der Waals surface area contributed by atoms with Crippen LogP contribution >= 0.6 is 0 Å². The van der Waals surface area contributed by atoms with Crippen LogP contribution in [0.25, 0.3) is 0 Å². The molecular weight excluding hydrogens is 178 g/mol. The van der Waals surface area contributed by atoms with Crippen LogP contribution < -0.4 is 11.1 Å². The predicted octanol–water partition coefficient (Wildman–Crippen LogP) is 1.15. The van der Waals surface area contributed by atoms with E-state index in [9.17, 15) is 0 Å². The number of nitrogens with two attached hydrogens (primary N) is 1. The molecule has 82 valence electrons. The molecule has 0 spiro atoms. The van der Waals surface area contributed by atoms with Crippen LogP contribution in [-0.4, -0.2) is 24.1 Å². The number of amidine groups is 1. The van der Waals surface area contributed by atoms with Crippen molar-refractivity contribution in [3.8, 4) is 0 Å². The van der Waals surface area contributed by atoms with Crippen molar-refractivity contribution in [2.75, 3.05) is 13.1 Å². The summed E-state index contributed by atoms with van der Waals surface area (Å²) >= 11 is 0. The van der Waals surface area contributed by atoms with Crippen molar-refractivity contribution in [3.05, 3.63) is 0 Å². The summed E-state index contributed by atoms with van der Waals surface area (Å²) in [6.45, 7) is 3.83. The Hall–Kier alpha value is -0.770. The van der Waals surface area contributed by atoms with Crippen molar-refractivity contribution < 1.29 is 5.21 Å². The molecule has 1 atom stereocenters. The quantitative estimate of drug-likeness (QED) is 0.269. The van der Waals surface area contributed by atoms with E-state index in [1.807, 2.05) is 6.92 Å². The maximum absolute atomic E-state index is 8.45. The lowest BCUT2D eigenvalue weighted by Crippen LogP contribution is -2.33. The van der Waals surface area contributed by atoms with Gasteiger partial charge >= 0.3 is 0 Å². The Morgan fingerprint density at radius 1 is 1.57 bits per heavy atom. The smallest absolute Gasteiger partial charge is 0.143 e. The van der Waals surface area contributed by atoms with Gasteiger partial charge in [0.15, 0.2) is 0 Å². The first-order valence-electron chi connectivity index (χ1n) is 5.42. The first-order chi connectivity index (χ1) is 6.74. The highest BCUT2D eigenvalue weighted by molar-refractivity contribution is 5.82. The van der Waals surface area contributed by atoms with E-state index in [2.05, 4.69) is 10.5 Å². The minimum atomic E-state index is 0.112. The average Bonchev–Trinajstić information content (AvgIpc) is 2.69. The van der Waals surface area contributed by atoms with Gasteiger partial charge in [0, 0.05) is 12.5 Å². The molecule has 0 aromatic carbocycles. The number of nitrogens with zero attached hydrogens (tertiary/aromatic N) is 1. The van der Waals surface area contributed by atoms with Crippen molar-refractivity contribution in [3.63, 3.8) is 0 Å². The summed E-state index contributed by atoms with van der Waals surface area (Å²) in [5.74, 6) is 1.26. The van der Waals surface area contributed by atoms with Gasteiger partial charge in [-0.15, -0.1) is 0 Å². The second-order valence-corrected chi connectivity index (χ2v) is 4.23. The molecule has 1 saturated carbocycles. The van der Waals surface area contributed by atoms with Gasteiger partial charge in [-0.1, -0.05) is 24.9 Å². The Labute approximate surface area is 85.6 Å². The maximum atomic E-state index is 8.45. The molecule has 1 fully saturated rings. The summed E-state index contributed by atoms with van der Waals surface area (Å²) in [4.78, 5) is 0. The standard InChI is InChI=1S/C10H21N3O/c1-8(10(11)13-14)6-12-7-9-4-2-3-5-9/h8-9,12,14H,2-7H2,1H3,(H2,11,13). The summed E-state index contributed by atoms with van der Waals surface area (Å²) < 4.78 is 0. The molecule has 1 rings (SSSR count). The van der Waals surface area contributed by atoms with E-state index in [0.29, 0.717) is 5.84 Å². The van der Waals surface area contributed by atoms with E-state index in [4.69, 9.17) is 10.9 Å². The molecule has 0 aliphatic heterocycles. The van der Waals surface area contributed by atoms with Crippen LogP contribution in [-0.2, 0) is 0 Å². The van der Waals surface area contributed by atoms with E-state index in [-0.39, 0.29) is 5.92 Å². The second kappa shape index (κ2) is 5.86. The van der Waals surface area contributed by atoms with E-state index >= 15 is 0 Å². The molecule has 0 aromatic rings. The summed E-state index contributed by atoms with van der Waals surface area (Å²) in [5.41, 5.74) is 5.47. The number of hydrogen-bond acceptors (Lipinski definition) is 3. The predicted molar refractivity (Wildman–Crippen MR) is 57.4 cm³/mol. The third-order valence-electron chi connectivity index (χ3n) is 2.98. The number of hydrogen-bond donors (Lipinski definition) is 3. The molecule has 0 heterocycles. The first kappa shape index (κ1) is 11.3. The van der Waals surface area contributed by atoms with Gasteiger partial charge in [-0.05, 0) is 25.3 Å². The first-order valence-corrected chi connectivity index (χ1v) is 5.42. The van der Waals surface area contributed by atoms with Crippen LogP contribution in [0.3, 0.4) is 0 Å². The van der Waals surface area contributed by atoms with Gasteiger partial charge < -0.3 is 16.3 Å². The zero-order chi connectivity index (χ0) is 10.4. The molecule has 4 nitrogen and oxygen atoms in total. The third-order valence-corrected chi connectivity index (χ3v) is 2.98. The van der Waals surface area contributed by atoms with Crippen LogP contribution in [0.2, 0.25) is 0 Å². The molecule has 0 saturated heterocycles. The van der Waals surface area contributed by atoms with Gasteiger partial charge in [0.05, 0.1) is 0 Å². The molecular formula is C10H21N3O. The van der Waals surface area contributed by atoms with Crippen molar-refractivity contribution in [2.45, 2.75) is 32.6 Å². The van der Waals surface area contributed by atoms with Crippen LogP contribution in [0.4, 0.5) is 0 Å². The van der Waals surface area contributed by atoms with Gasteiger partial charge in [0.25, 0.3) is 0 Å². The SMILES string of the molecule is CC(CNCC1CCCC1)C(N)=NO. The van der Waals surface area contributed by atoms with E-state index in [1.165, 1.54) is 25.7 Å². The number of nitrogens with one attached hydrogen (secondary N) is 1. The fourth-order valence-electron chi connectivity index (χ4n) is 1.92. The van der Waals surface area contributed by atoms with Crippen molar-refractivity contribution in [2.24, 2.45) is 22.7 Å². The number of oxime groups is 1. The molecule has 0 bridgehead atoms. The fraction of sp³-hybridized carbons (Fsp3) is 0.900. The van der Waals surface area contributed by atoms with E-state index in [1.54, 1.807) is 0 Å². The molecule has 4 N–H and O–H groups in total. The fourth-order valence-corrected chi connectivity index (χ4v) is 1.92. The maximum Gasteiger partial charge on any atom is 0.143 e. The van der Waals surface area contributed by atoms with E-state index < -0.39 is 0 Å². The van der Waals surface area contributed by atoms with Gasteiger partial charge in [0.2, 0.25) is 0 Å². The molecule has 0 amide bonds. The van der Waals surface area contributed by atoms with Crippen molar-refractivity contribution in [1.82, 2.24) is 5.32 Å². The Morgan fingerprint density at radius 2 is 2.21 bits per heavy atom. The van der Waals surface area contributed by atoms with Gasteiger partial charge in [-0.2, -0.15) is 0 Å². The summed E-state index contributed by atoms with van der Waals surface area (Å²) in [6.07, 6.45) is 5.46. The molecule has 0 radical (unpaired) electrons. The van der Waals surface area contributed by atoms with Crippen molar-refractivity contribution >= 4 is 5.84 Å². The summed E-state index contributed by atoms with van der Waals surface area (Å²) in [5, 5.41) is 14.8. The highest BCUT2D eigenvalue weighted by atomic mass is 16.4. The second-order valence-electron chi connectivity index (χ2n) is 4.23. The average molecular weight is 199 g/mol. The normalized spacial score (nSPS) is 21.4. The minimum Gasteiger partial charge on any atom is -0.409 e. The van der Waals surface area contributed by atoms with Gasteiger partial charge in [-0.3, -0.25) is 0 Å². The lowest BCUT2D eigenvalue weighted by molar-refractivity contribution is 0.314. The lowest BCUT2D eigenvalue weighted by Gasteiger charge is -2.13.